The SMILES string of the molecule is C[C@H]1CC[C@H]2C(=CC(=O)[C@H]2c2ccccc2)O1. The van der Waals surface area contributed by atoms with E-state index in [4.69, 9.17) is 4.74 Å². The molecule has 2 nitrogen and oxygen atoms in total. The molecule has 1 aromatic carbocycles. The summed E-state index contributed by atoms with van der Waals surface area (Å²) < 4.78 is 5.77. The number of hydrogen-bond donors (Lipinski definition) is 0. The van der Waals surface area contributed by atoms with E-state index in [1.165, 1.54) is 0 Å². The number of benzene rings is 1. The number of allylic oxidation sites excluding steroid dienone is 2. The van der Waals surface area contributed by atoms with E-state index in [0.717, 1.165) is 24.2 Å². The van der Waals surface area contributed by atoms with E-state index in [9.17, 15) is 4.79 Å². The Bertz CT molecular complexity index is 461. The Morgan fingerprint density at radius 3 is 2.71 bits per heavy atom. The molecular weight excluding hydrogens is 212 g/mol. The molecule has 1 aliphatic carbocycles. The van der Waals surface area contributed by atoms with Crippen molar-refractivity contribution in [1.82, 2.24) is 0 Å². The summed E-state index contributed by atoms with van der Waals surface area (Å²) in [5.41, 5.74) is 1.12. The average molecular weight is 228 g/mol. The molecule has 0 radical (unpaired) electrons. The summed E-state index contributed by atoms with van der Waals surface area (Å²) in [6.07, 6.45) is 4.05. The lowest BCUT2D eigenvalue weighted by molar-refractivity contribution is -0.116. The lowest BCUT2D eigenvalue weighted by Gasteiger charge is -2.30. The molecular formula is C15H16O2. The first-order valence-corrected chi connectivity index (χ1v) is 6.23. The van der Waals surface area contributed by atoms with Gasteiger partial charge in [-0.15, -0.1) is 0 Å². The van der Waals surface area contributed by atoms with Gasteiger partial charge in [0.25, 0.3) is 0 Å². The summed E-state index contributed by atoms with van der Waals surface area (Å²) in [7, 11) is 0. The van der Waals surface area contributed by atoms with Crippen LogP contribution in [0.4, 0.5) is 0 Å². The van der Waals surface area contributed by atoms with E-state index in [2.05, 4.69) is 6.92 Å². The molecule has 1 aromatic rings. The second-order valence-electron chi connectivity index (χ2n) is 4.95. The summed E-state index contributed by atoms with van der Waals surface area (Å²) in [6.45, 7) is 2.07. The third-order valence-corrected chi connectivity index (χ3v) is 3.74. The minimum Gasteiger partial charge on any atom is -0.495 e. The van der Waals surface area contributed by atoms with Crippen molar-refractivity contribution in [2.45, 2.75) is 31.8 Å². The van der Waals surface area contributed by atoms with Crippen LogP contribution in [0, 0.1) is 5.92 Å². The lowest BCUT2D eigenvalue weighted by atomic mass is 9.83. The highest BCUT2D eigenvalue weighted by atomic mass is 16.5. The Labute approximate surface area is 101 Å². The van der Waals surface area contributed by atoms with Crippen molar-refractivity contribution in [3.8, 4) is 0 Å². The van der Waals surface area contributed by atoms with Gasteiger partial charge in [-0.05, 0) is 25.3 Å². The topological polar surface area (TPSA) is 26.3 Å². The van der Waals surface area contributed by atoms with Crippen LogP contribution >= 0.6 is 0 Å². The van der Waals surface area contributed by atoms with Gasteiger partial charge >= 0.3 is 0 Å². The fourth-order valence-electron chi connectivity index (χ4n) is 2.89. The molecule has 0 saturated carbocycles. The third kappa shape index (κ3) is 1.78. The van der Waals surface area contributed by atoms with Crippen LogP contribution in [0.25, 0.3) is 0 Å². The van der Waals surface area contributed by atoms with Crippen molar-refractivity contribution < 1.29 is 9.53 Å². The maximum Gasteiger partial charge on any atom is 0.167 e. The summed E-state index contributed by atoms with van der Waals surface area (Å²) in [6, 6.07) is 10.0. The number of fused-ring (bicyclic) bond motifs is 1. The molecule has 2 heteroatoms. The van der Waals surface area contributed by atoms with Crippen LogP contribution in [-0.4, -0.2) is 11.9 Å². The molecule has 17 heavy (non-hydrogen) atoms. The smallest absolute Gasteiger partial charge is 0.167 e. The molecule has 3 rings (SSSR count). The minimum atomic E-state index is -0.0151. The van der Waals surface area contributed by atoms with E-state index in [1.54, 1.807) is 6.08 Å². The van der Waals surface area contributed by atoms with Crippen LogP contribution < -0.4 is 0 Å². The van der Waals surface area contributed by atoms with Crippen molar-refractivity contribution in [2.24, 2.45) is 5.92 Å². The molecule has 3 atom stereocenters. The monoisotopic (exact) mass is 228 g/mol. The first kappa shape index (κ1) is 10.6. The number of carbonyl (C=O) groups excluding carboxylic acids is 1. The van der Waals surface area contributed by atoms with Crippen molar-refractivity contribution in [3.05, 3.63) is 47.7 Å². The summed E-state index contributed by atoms with van der Waals surface area (Å²) in [4.78, 5) is 12.1. The Hall–Kier alpha value is -1.57. The Kier molecular flexibility index (Phi) is 2.50. The maximum absolute atomic E-state index is 12.1. The van der Waals surface area contributed by atoms with Gasteiger partial charge in [0.1, 0.15) is 5.76 Å². The van der Waals surface area contributed by atoms with Gasteiger partial charge in [-0.25, -0.2) is 0 Å². The van der Waals surface area contributed by atoms with Gasteiger partial charge in [-0.2, -0.15) is 0 Å². The summed E-state index contributed by atoms with van der Waals surface area (Å²) in [5, 5.41) is 0. The minimum absolute atomic E-state index is 0.0151. The van der Waals surface area contributed by atoms with Crippen LogP contribution in [0.1, 0.15) is 31.2 Å². The molecule has 0 unspecified atom stereocenters. The molecule has 88 valence electrons. The second kappa shape index (κ2) is 4.02. The molecule has 1 saturated heterocycles. The van der Waals surface area contributed by atoms with Gasteiger partial charge in [-0.1, -0.05) is 30.3 Å². The van der Waals surface area contributed by atoms with Crippen molar-refractivity contribution >= 4 is 5.78 Å². The number of rotatable bonds is 1. The van der Waals surface area contributed by atoms with Crippen LogP contribution in [0.15, 0.2) is 42.2 Å². The molecule has 1 fully saturated rings. The zero-order chi connectivity index (χ0) is 11.8. The molecule has 0 bridgehead atoms. The van der Waals surface area contributed by atoms with Gasteiger partial charge in [0.15, 0.2) is 5.78 Å². The Morgan fingerprint density at radius 2 is 1.94 bits per heavy atom. The van der Waals surface area contributed by atoms with E-state index >= 15 is 0 Å². The Balaban J connectivity index is 1.92. The van der Waals surface area contributed by atoms with E-state index in [0.29, 0.717) is 0 Å². The third-order valence-electron chi connectivity index (χ3n) is 3.74. The summed E-state index contributed by atoms with van der Waals surface area (Å²) >= 11 is 0. The maximum atomic E-state index is 12.1. The normalized spacial score (nSPS) is 31.7. The zero-order valence-electron chi connectivity index (χ0n) is 9.93. The van der Waals surface area contributed by atoms with Gasteiger partial charge in [-0.3, -0.25) is 4.79 Å². The predicted octanol–water partition coefficient (Wildman–Crippen LogP) is 3.05. The number of ether oxygens (including phenoxy) is 1. The van der Waals surface area contributed by atoms with Gasteiger partial charge in [0.05, 0.1) is 12.0 Å². The quantitative estimate of drug-likeness (QED) is 0.738. The average Bonchev–Trinajstić information content (AvgIpc) is 2.65. The van der Waals surface area contributed by atoms with E-state index in [-0.39, 0.29) is 23.7 Å². The number of carbonyl (C=O) groups is 1. The molecule has 2 aliphatic rings. The highest BCUT2D eigenvalue weighted by Gasteiger charge is 2.41. The van der Waals surface area contributed by atoms with Crippen LogP contribution in [0.3, 0.4) is 0 Å². The number of ketones is 1. The summed E-state index contributed by atoms with van der Waals surface area (Å²) in [5.74, 6) is 1.35. The first-order chi connectivity index (χ1) is 8.25. The fraction of sp³-hybridized carbons (Fsp3) is 0.400. The highest BCUT2D eigenvalue weighted by Crippen LogP contribution is 2.43. The lowest BCUT2D eigenvalue weighted by Crippen LogP contribution is -2.24. The van der Waals surface area contributed by atoms with Crippen molar-refractivity contribution in [2.75, 3.05) is 0 Å². The van der Waals surface area contributed by atoms with Crippen LogP contribution in [0.5, 0.6) is 0 Å². The fourth-order valence-corrected chi connectivity index (χ4v) is 2.89. The largest absolute Gasteiger partial charge is 0.495 e. The first-order valence-electron chi connectivity index (χ1n) is 6.23. The molecule has 0 spiro atoms. The van der Waals surface area contributed by atoms with Gasteiger partial charge in [0.2, 0.25) is 0 Å². The molecule has 0 amide bonds. The van der Waals surface area contributed by atoms with Gasteiger partial charge < -0.3 is 4.74 Å². The predicted molar refractivity (Wildman–Crippen MR) is 65.5 cm³/mol. The molecule has 1 heterocycles. The second-order valence-corrected chi connectivity index (χ2v) is 4.95. The molecule has 1 aliphatic heterocycles. The Morgan fingerprint density at radius 1 is 1.18 bits per heavy atom. The highest BCUT2D eigenvalue weighted by molar-refractivity contribution is 5.99. The number of hydrogen-bond acceptors (Lipinski definition) is 2. The van der Waals surface area contributed by atoms with Gasteiger partial charge in [0, 0.05) is 12.0 Å². The van der Waals surface area contributed by atoms with Crippen LogP contribution in [-0.2, 0) is 9.53 Å². The molecule has 0 aromatic heterocycles. The standard InChI is InChI=1S/C15H16O2/c1-10-7-8-12-14(17-10)9-13(16)15(12)11-5-3-2-4-6-11/h2-6,9-10,12,15H,7-8H2,1H3/t10-,12-,15-/m0/s1. The van der Waals surface area contributed by atoms with E-state index < -0.39 is 0 Å². The van der Waals surface area contributed by atoms with Crippen molar-refractivity contribution in [1.29, 1.82) is 0 Å². The zero-order valence-corrected chi connectivity index (χ0v) is 9.93. The van der Waals surface area contributed by atoms with Crippen molar-refractivity contribution in [3.63, 3.8) is 0 Å². The van der Waals surface area contributed by atoms with E-state index in [1.807, 2.05) is 30.3 Å². The van der Waals surface area contributed by atoms with Crippen LogP contribution in [0.2, 0.25) is 0 Å². The molecule has 0 N–H and O–H groups in total.